The van der Waals surface area contributed by atoms with Gasteiger partial charge in [-0.2, -0.15) is 0 Å². The lowest BCUT2D eigenvalue weighted by Gasteiger charge is -2.20. The van der Waals surface area contributed by atoms with E-state index in [-0.39, 0.29) is 5.91 Å². The van der Waals surface area contributed by atoms with Crippen molar-refractivity contribution in [2.75, 3.05) is 18.8 Å². The topological polar surface area (TPSA) is 63.4 Å². The maximum atomic E-state index is 12.5. The van der Waals surface area contributed by atoms with E-state index in [1.54, 1.807) is 30.0 Å². The molecule has 0 aromatic heterocycles. The predicted molar refractivity (Wildman–Crippen MR) is 80.2 cm³/mol. The number of nitrogens with two attached hydrogens (primary N) is 1. The second-order valence-corrected chi connectivity index (χ2v) is 7.26. The third-order valence-electron chi connectivity index (χ3n) is 3.26. The number of nitrogens with zero attached hydrogens (tertiary/aromatic N) is 1. The Morgan fingerprint density at radius 3 is 2.63 bits per heavy atom. The average Bonchev–Trinajstić information content (AvgIpc) is 2.90. The molecule has 19 heavy (non-hydrogen) atoms. The molecule has 0 radical (unpaired) electrons. The van der Waals surface area contributed by atoms with E-state index in [9.17, 15) is 9.00 Å². The van der Waals surface area contributed by atoms with E-state index < -0.39 is 16.0 Å². The molecule has 1 heterocycles. The number of hydrogen-bond acceptors (Lipinski definition) is 3. The number of amides is 1. The number of carbonyl (C=O) groups is 1. The van der Waals surface area contributed by atoms with Crippen molar-refractivity contribution in [2.45, 2.75) is 29.9 Å². The van der Waals surface area contributed by atoms with E-state index in [0.717, 1.165) is 25.9 Å². The van der Waals surface area contributed by atoms with E-state index >= 15 is 0 Å². The monoisotopic (exact) mass is 344 g/mol. The molecule has 2 atom stereocenters. The third kappa shape index (κ3) is 3.17. The number of halogens is 1. The molecule has 0 aliphatic carbocycles. The minimum absolute atomic E-state index is 0.0282. The molecule has 1 aliphatic heterocycles. The summed E-state index contributed by atoms with van der Waals surface area (Å²) >= 11 is 3.35. The lowest BCUT2D eigenvalue weighted by atomic mass is 10.3. The Hall–Kier alpha value is -0.880. The molecule has 0 saturated carbocycles. The van der Waals surface area contributed by atoms with Crippen molar-refractivity contribution < 1.29 is 9.00 Å². The third-order valence-corrected chi connectivity index (χ3v) is 5.81. The lowest BCUT2D eigenvalue weighted by molar-refractivity contribution is -0.129. The molecule has 0 spiro atoms. The van der Waals surface area contributed by atoms with E-state index in [2.05, 4.69) is 15.9 Å². The summed E-state index contributed by atoms with van der Waals surface area (Å²) in [4.78, 5) is 14.7. The van der Waals surface area contributed by atoms with Crippen molar-refractivity contribution in [3.8, 4) is 0 Å². The normalized spacial score (nSPS) is 18.3. The number of nitrogen functional groups attached to an aromatic ring is 1. The van der Waals surface area contributed by atoms with Crippen LogP contribution >= 0.6 is 15.9 Å². The molecular formula is C13H17BrN2O2S. The SMILES string of the molecule is CC(C(=O)N1CCCC1)S(=O)c1ccc(N)cc1Br. The Kier molecular flexibility index (Phi) is 4.62. The highest BCUT2D eigenvalue weighted by Crippen LogP contribution is 2.25. The second-order valence-electron chi connectivity index (χ2n) is 4.66. The number of anilines is 1. The van der Waals surface area contributed by atoms with Gasteiger partial charge in [0.15, 0.2) is 0 Å². The molecule has 6 heteroatoms. The van der Waals surface area contributed by atoms with Crippen molar-refractivity contribution in [1.29, 1.82) is 0 Å². The second kappa shape index (κ2) is 6.05. The van der Waals surface area contributed by atoms with Gasteiger partial charge >= 0.3 is 0 Å². The Bertz CT molecular complexity index is 515. The first-order valence-corrected chi connectivity index (χ1v) is 8.25. The van der Waals surface area contributed by atoms with Crippen LogP contribution in [0.2, 0.25) is 0 Å². The van der Waals surface area contributed by atoms with Crippen LogP contribution < -0.4 is 5.73 Å². The van der Waals surface area contributed by atoms with Gasteiger partial charge in [-0.3, -0.25) is 9.00 Å². The first-order valence-electron chi connectivity index (χ1n) is 6.25. The highest BCUT2D eigenvalue weighted by atomic mass is 79.9. The van der Waals surface area contributed by atoms with E-state index in [1.807, 2.05) is 0 Å². The van der Waals surface area contributed by atoms with E-state index in [0.29, 0.717) is 15.1 Å². The summed E-state index contributed by atoms with van der Waals surface area (Å²) in [7, 11) is -1.37. The van der Waals surface area contributed by atoms with Crippen molar-refractivity contribution in [1.82, 2.24) is 4.90 Å². The Morgan fingerprint density at radius 1 is 1.42 bits per heavy atom. The summed E-state index contributed by atoms with van der Waals surface area (Å²) in [6.45, 7) is 3.28. The highest BCUT2D eigenvalue weighted by Gasteiger charge is 2.28. The molecule has 0 bridgehead atoms. The minimum atomic E-state index is -1.37. The molecular weight excluding hydrogens is 328 g/mol. The molecule has 1 aliphatic rings. The standard InChI is InChI=1S/C13H17BrN2O2S/c1-9(13(17)16-6-2-3-7-16)19(18)12-5-4-10(15)8-11(12)14/h4-5,8-9H,2-3,6-7,15H2,1H3. The van der Waals surface area contributed by atoms with Gasteiger partial charge in [-0.1, -0.05) is 0 Å². The van der Waals surface area contributed by atoms with Crippen LogP contribution in [0, 0.1) is 0 Å². The fourth-order valence-electron chi connectivity index (χ4n) is 2.16. The van der Waals surface area contributed by atoms with Crippen LogP contribution in [0.5, 0.6) is 0 Å². The Balaban J connectivity index is 2.16. The van der Waals surface area contributed by atoms with Gasteiger partial charge in [-0.05, 0) is 53.9 Å². The molecule has 1 aromatic rings. The molecule has 4 nitrogen and oxygen atoms in total. The van der Waals surface area contributed by atoms with Crippen LogP contribution in [0.15, 0.2) is 27.6 Å². The molecule has 104 valence electrons. The van der Waals surface area contributed by atoms with Crippen LogP contribution in [0.4, 0.5) is 5.69 Å². The first-order chi connectivity index (χ1) is 9.00. The molecule has 1 amide bonds. The van der Waals surface area contributed by atoms with Gasteiger partial charge in [0.2, 0.25) is 5.91 Å². The van der Waals surface area contributed by atoms with Gasteiger partial charge in [-0.25, -0.2) is 0 Å². The number of likely N-dealkylation sites (tertiary alicyclic amines) is 1. The first kappa shape index (κ1) is 14.5. The molecule has 1 aromatic carbocycles. The van der Waals surface area contributed by atoms with Crippen LogP contribution in [-0.2, 0) is 15.6 Å². The van der Waals surface area contributed by atoms with Gasteiger partial charge in [0.1, 0.15) is 5.25 Å². The van der Waals surface area contributed by atoms with Gasteiger partial charge in [0, 0.05) is 23.2 Å². The highest BCUT2D eigenvalue weighted by molar-refractivity contribution is 9.10. The number of carbonyl (C=O) groups excluding carboxylic acids is 1. The zero-order valence-corrected chi connectivity index (χ0v) is 13.2. The van der Waals surface area contributed by atoms with E-state index in [1.165, 1.54) is 0 Å². The molecule has 1 fully saturated rings. The summed E-state index contributed by atoms with van der Waals surface area (Å²) < 4.78 is 13.2. The van der Waals surface area contributed by atoms with Crippen molar-refractivity contribution in [2.24, 2.45) is 0 Å². The predicted octanol–water partition coefficient (Wildman–Crippen LogP) is 2.15. The summed E-state index contributed by atoms with van der Waals surface area (Å²) in [6.07, 6.45) is 2.08. The van der Waals surface area contributed by atoms with Crippen molar-refractivity contribution in [3.63, 3.8) is 0 Å². The molecule has 2 rings (SSSR count). The zero-order valence-electron chi connectivity index (χ0n) is 10.8. The fraction of sp³-hybridized carbons (Fsp3) is 0.462. The Labute approximate surface area is 123 Å². The number of benzene rings is 1. The summed E-state index contributed by atoms with van der Waals surface area (Å²) in [5.74, 6) is -0.0282. The number of hydrogen-bond donors (Lipinski definition) is 1. The van der Waals surface area contributed by atoms with Crippen LogP contribution in [0.1, 0.15) is 19.8 Å². The number of rotatable bonds is 3. The summed E-state index contributed by atoms with van der Waals surface area (Å²) in [6, 6.07) is 5.12. The molecule has 2 unspecified atom stereocenters. The van der Waals surface area contributed by atoms with E-state index in [4.69, 9.17) is 5.73 Å². The van der Waals surface area contributed by atoms with Gasteiger partial charge in [0.25, 0.3) is 0 Å². The maximum absolute atomic E-state index is 12.5. The average molecular weight is 345 g/mol. The van der Waals surface area contributed by atoms with Crippen LogP contribution in [0.3, 0.4) is 0 Å². The van der Waals surface area contributed by atoms with Crippen LogP contribution in [0.25, 0.3) is 0 Å². The molecule has 2 N–H and O–H groups in total. The van der Waals surface area contributed by atoms with Gasteiger partial charge < -0.3 is 10.6 Å². The largest absolute Gasteiger partial charge is 0.399 e. The molecule has 1 saturated heterocycles. The summed E-state index contributed by atoms with van der Waals surface area (Å²) in [5, 5.41) is -0.530. The lowest BCUT2D eigenvalue weighted by Crippen LogP contribution is -2.37. The quantitative estimate of drug-likeness (QED) is 0.854. The zero-order chi connectivity index (χ0) is 14.0. The maximum Gasteiger partial charge on any atom is 0.238 e. The smallest absolute Gasteiger partial charge is 0.238 e. The van der Waals surface area contributed by atoms with Gasteiger partial charge in [0.05, 0.1) is 15.7 Å². The summed E-state index contributed by atoms with van der Waals surface area (Å²) in [5.41, 5.74) is 6.26. The fourth-order valence-corrected chi connectivity index (χ4v) is 4.20. The van der Waals surface area contributed by atoms with Gasteiger partial charge in [-0.15, -0.1) is 0 Å². The van der Waals surface area contributed by atoms with Crippen LogP contribution in [-0.4, -0.2) is 33.4 Å². The van der Waals surface area contributed by atoms with Crippen molar-refractivity contribution >= 4 is 38.3 Å². The Morgan fingerprint density at radius 2 is 2.05 bits per heavy atom. The minimum Gasteiger partial charge on any atom is -0.399 e. The van der Waals surface area contributed by atoms with Crippen molar-refractivity contribution in [3.05, 3.63) is 22.7 Å².